The molecule has 1 nitrogen and oxygen atoms in total. The Labute approximate surface area is 121 Å². The van der Waals surface area contributed by atoms with Crippen molar-refractivity contribution in [1.82, 2.24) is 5.32 Å². The number of hydrogen-bond acceptors (Lipinski definition) is 2. The molecule has 0 fully saturated rings. The predicted molar refractivity (Wildman–Crippen MR) is 77.9 cm³/mol. The molecule has 0 aliphatic heterocycles. The van der Waals surface area contributed by atoms with Crippen LogP contribution in [-0.2, 0) is 6.42 Å². The van der Waals surface area contributed by atoms with Crippen molar-refractivity contribution < 1.29 is 8.78 Å². The lowest BCUT2D eigenvalue weighted by Gasteiger charge is -2.27. The van der Waals surface area contributed by atoms with E-state index in [-0.39, 0.29) is 6.04 Å². The molecule has 0 amide bonds. The molecular weight excluding hydrogens is 276 g/mol. The third-order valence-electron chi connectivity index (χ3n) is 3.95. The van der Waals surface area contributed by atoms with E-state index in [1.165, 1.54) is 29.0 Å². The van der Waals surface area contributed by atoms with Gasteiger partial charge < -0.3 is 5.32 Å². The molecule has 1 aliphatic rings. The molecule has 4 heteroatoms. The van der Waals surface area contributed by atoms with Gasteiger partial charge in [0.25, 0.3) is 0 Å². The number of fused-ring (bicyclic) bond motifs is 1. The van der Waals surface area contributed by atoms with Gasteiger partial charge >= 0.3 is 0 Å². The van der Waals surface area contributed by atoms with E-state index >= 15 is 0 Å². The van der Waals surface area contributed by atoms with Gasteiger partial charge in [-0.25, -0.2) is 8.78 Å². The fourth-order valence-corrected chi connectivity index (χ4v) is 3.83. The highest BCUT2D eigenvalue weighted by molar-refractivity contribution is 7.10. The molecule has 0 saturated carbocycles. The van der Waals surface area contributed by atoms with Crippen LogP contribution in [0.25, 0.3) is 0 Å². The molecule has 2 unspecified atom stereocenters. The molecule has 2 aromatic rings. The Morgan fingerprint density at radius 1 is 1.25 bits per heavy atom. The van der Waals surface area contributed by atoms with E-state index in [4.69, 9.17) is 0 Å². The first-order chi connectivity index (χ1) is 9.65. The second-order valence-corrected chi connectivity index (χ2v) is 6.31. The minimum Gasteiger partial charge on any atom is -0.303 e. The van der Waals surface area contributed by atoms with Gasteiger partial charge in [0, 0.05) is 17.0 Å². The first kappa shape index (κ1) is 13.7. The largest absolute Gasteiger partial charge is 0.303 e. The summed E-state index contributed by atoms with van der Waals surface area (Å²) in [4.78, 5) is 1.45. The molecular formula is C16H17F2NS. The average molecular weight is 293 g/mol. The van der Waals surface area contributed by atoms with Gasteiger partial charge in [-0.3, -0.25) is 0 Å². The summed E-state index contributed by atoms with van der Waals surface area (Å²) < 4.78 is 26.3. The predicted octanol–water partition coefficient (Wildman–Crippen LogP) is 4.75. The minimum absolute atomic E-state index is 0.000880. The van der Waals surface area contributed by atoms with E-state index in [0.717, 1.165) is 18.4 Å². The van der Waals surface area contributed by atoms with E-state index in [2.05, 4.69) is 16.8 Å². The van der Waals surface area contributed by atoms with Crippen LogP contribution in [0.2, 0.25) is 0 Å². The van der Waals surface area contributed by atoms with Gasteiger partial charge in [0.1, 0.15) is 0 Å². The van der Waals surface area contributed by atoms with E-state index in [1.807, 2.05) is 6.92 Å². The highest BCUT2D eigenvalue weighted by Gasteiger charge is 2.23. The molecule has 3 rings (SSSR count). The zero-order valence-electron chi connectivity index (χ0n) is 11.3. The topological polar surface area (TPSA) is 12.0 Å². The summed E-state index contributed by atoms with van der Waals surface area (Å²) in [6.07, 6.45) is 3.43. The van der Waals surface area contributed by atoms with Gasteiger partial charge in [-0.2, -0.15) is 0 Å². The zero-order chi connectivity index (χ0) is 14.1. The molecule has 0 bridgehead atoms. The van der Waals surface area contributed by atoms with Crippen LogP contribution in [0.15, 0.2) is 29.6 Å². The van der Waals surface area contributed by atoms with Crippen molar-refractivity contribution in [2.24, 2.45) is 0 Å². The number of halogens is 2. The summed E-state index contributed by atoms with van der Waals surface area (Å²) >= 11 is 1.81. The normalized spacial score (nSPS) is 19.6. The number of thiophene rings is 1. The molecule has 106 valence electrons. The Morgan fingerprint density at radius 3 is 2.90 bits per heavy atom. The van der Waals surface area contributed by atoms with E-state index in [0.29, 0.717) is 6.04 Å². The second kappa shape index (κ2) is 5.62. The van der Waals surface area contributed by atoms with Crippen molar-refractivity contribution in [3.05, 3.63) is 57.3 Å². The van der Waals surface area contributed by atoms with Gasteiger partial charge in [0.2, 0.25) is 0 Å². The van der Waals surface area contributed by atoms with Crippen molar-refractivity contribution in [3.63, 3.8) is 0 Å². The van der Waals surface area contributed by atoms with Crippen molar-refractivity contribution in [2.75, 3.05) is 0 Å². The van der Waals surface area contributed by atoms with Gasteiger partial charge in [-0.1, -0.05) is 6.07 Å². The van der Waals surface area contributed by atoms with Gasteiger partial charge in [0.15, 0.2) is 11.6 Å². The first-order valence-electron chi connectivity index (χ1n) is 6.92. The summed E-state index contributed by atoms with van der Waals surface area (Å²) in [6.45, 7) is 1.99. The lowest BCUT2D eigenvalue weighted by Crippen LogP contribution is -2.27. The monoisotopic (exact) mass is 293 g/mol. The van der Waals surface area contributed by atoms with Gasteiger partial charge in [0.05, 0.1) is 0 Å². The van der Waals surface area contributed by atoms with Crippen molar-refractivity contribution >= 4 is 11.3 Å². The molecule has 1 aromatic heterocycles. The molecule has 2 atom stereocenters. The van der Waals surface area contributed by atoms with E-state index in [9.17, 15) is 8.78 Å². The average Bonchev–Trinajstić information content (AvgIpc) is 2.91. The molecule has 20 heavy (non-hydrogen) atoms. The fraction of sp³-hybridized carbons (Fsp3) is 0.375. The third-order valence-corrected chi connectivity index (χ3v) is 4.94. The van der Waals surface area contributed by atoms with Crippen LogP contribution >= 0.6 is 11.3 Å². The van der Waals surface area contributed by atoms with Crippen LogP contribution in [-0.4, -0.2) is 0 Å². The van der Waals surface area contributed by atoms with Crippen molar-refractivity contribution in [3.8, 4) is 0 Å². The van der Waals surface area contributed by atoms with Crippen molar-refractivity contribution in [1.29, 1.82) is 0 Å². The fourth-order valence-electron chi connectivity index (χ4n) is 2.84. The standard InChI is InChI=1S/C16H17F2NS/c1-10(11-5-6-13(17)14(18)9-11)19-15-3-2-4-16-12(15)7-8-20-16/h5-10,15,19H,2-4H2,1H3. The summed E-state index contributed by atoms with van der Waals surface area (Å²) in [6, 6.07) is 6.61. The zero-order valence-corrected chi connectivity index (χ0v) is 12.1. The van der Waals surface area contributed by atoms with Gasteiger partial charge in [-0.15, -0.1) is 11.3 Å². The maximum atomic E-state index is 13.3. The Hall–Kier alpha value is -1.26. The number of benzene rings is 1. The van der Waals surface area contributed by atoms with Gasteiger partial charge in [-0.05, 0) is 60.9 Å². The molecule has 1 N–H and O–H groups in total. The van der Waals surface area contributed by atoms with Crippen LogP contribution in [0.1, 0.15) is 47.9 Å². The quantitative estimate of drug-likeness (QED) is 0.860. The maximum absolute atomic E-state index is 13.3. The lowest BCUT2D eigenvalue weighted by molar-refractivity contribution is 0.416. The number of hydrogen-bond donors (Lipinski definition) is 1. The maximum Gasteiger partial charge on any atom is 0.159 e. The van der Waals surface area contributed by atoms with E-state index in [1.54, 1.807) is 17.4 Å². The van der Waals surface area contributed by atoms with Crippen LogP contribution < -0.4 is 5.32 Å². The first-order valence-corrected chi connectivity index (χ1v) is 7.80. The van der Waals surface area contributed by atoms with Crippen molar-refractivity contribution in [2.45, 2.75) is 38.3 Å². The molecule has 0 spiro atoms. The molecule has 1 aliphatic carbocycles. The Kier molecular flexibility index (Phi) is 3.85. The summed E-state index contributed by atoms with van der Waals surface area (Å²) in [5.74, 6) is -1.57. The summed E-state index contributed by atoms with van der Waals surface area (Å²) in [5.41, 5.74) is 2.15. The summed E-state index contributed by atoms with van der Waals surface area (Å²) in [7, 11) is 0. The smallest absolute Gasteiger partial charge is 0.159 e. The lowest BCUT2D eigenvalue weighted by atomic mass is 9.93. The SMILES string of the molecule is CC(NC1CCCc2sccc21)c1ccc(F)c(F)c1. The third kappa shape index (κ3) is 2.63. The second-order valence-electron chi connectivity index (χ2n) is 5.31. The highest BCUT2D eigenvalue weighted by Crippen LogP contribution is 2.34. The summed E-state index contributed by atoms with van der Waals surface area (Å²) in [5, 5.41) is 5.67. The van der Waals surface area contributed by atoms with Crippen LogP contribution in [0.3, 0.4) is 0 Å². The Balaban J connectivity index is 1.77. The molecule has 1 heterocycles. The van der Waals surface area contributed by atoms with E-state index < -0.39 is 11.6 Å². The van der Waals surface area contributed by atoms with Crippen LogP contribution in [0.5, 0.6) is 0 Å². The Morgan fingerprint density at radius 2 is 2.10 bits per heavy atom. The van der Waals surface area contributed by atoms with Crippen LogP contribution in [0.4, 0.5) is 8.78 Å². The molecule has 1 aromatic carbocycles. The molecule has 0 radical (unpaired) electrons. The minimum atomic E-state index is -0.793. The molecule has 0 saturated heterocycles. The number of rotatable bonds is 3. The van der Waals surface area contributed by atoms with Crippen LogP contribution in [0, 0.1) is 11.6 Å². The number of nitrogens with one attached hydrogen (secondary N) is 1. The highest BCUT2D eigenvalue weighted by atomic mass is 32.1. The Bertz CT molecular complexity index is 608. The number of aryl methyl sites for hydroxylation is 1.